The van der Waals surface area contributed by atoms with Crippen molar-refractivity contribution in [2.75, 3.05) is 6.26 Å². The molecule has 0 saturated heterocycles. The monoisotopic (exact) mass is 198 g/mol. The molecule has 0 amide bonds. The molecule has 13 heavy (non-hydrogen) atoms. The van der Waals surface area contributed by atoms with E-state index in [-0.39, 0.29) is 6.42 Å². The van der Waals surface area contributed by atoms with Gasteiger partial charge in [-0.3, -0.25) is 9.00 Å². The summed E-state index contributed by atoms with van der Waals surface area (Å²) >= 11 is 0. The Bertz CT molecular complexity index is 329. The third-order valence-electron chi connectivity index (χ3n) is 1.61. The second-order valence-electron chi connectivity index (χ2n) is 2.67. The van der Waals surface area contributed by atoms with Gasteiger partial charge < -0.3 is 5.11 Å². The average molecular weight is 198 g/mol. The second kappa shape index (κ2) is 4.18. The van der Waals surface area contributed by atoms with E-state index in [0.29, 0.717) is 4.90 Å². The molecule has 1 N–H and O–H groups in total. The van der Waals surface area contributed by atoms with E-state index < -0.39 is 16.8 Å². The topological polar surface area (TPSA) is 54.4 Å². The lowest BCUT2D eigenvalue weighted by Crippen LogP contribution is -1.99. The third-order valence-corrected chi connectivity index (χ3v) is 2.55. The van der Waals surface area contributed by atoms with Crippen LogP contribution in [0.15, 0.2) is 29.2 Å². The number of benzene rings is 1. The fourth-order valence-electron chi connectivity index (χ4n) is 0.974. The van der Waals surface area contributed by atoms with Crippen molar-refractivity contribution in [1.29, 1.82) is 0 Å². The van der Waals surface area contributed by atoms with Crippen molar-refractivity contribution in [3.8, 4) is 0 Å². The molecule has 3 nitrogen and oxygen atoms in total. The van der Waals surface area contributed by atoms with E-state index in [1.807, 2.05) is 0 Å². The molecule has 1 aromatic rings. The first-order valence-electron chi connectivity index (χ1n) is 3.74. The number of carboxylic acid groups (broad SMARTS) is 1. The number of hydrogen-bond donors (Lipinski definition) is 1. The fourth-order valence-corrected chi connectivity index (χ4v) is 1.49. The van der Waals surface area contributed by atoms with Crippen LogP contribution >= 0.6 is 0 Å². The quantitative estimate of drug-likeness (QED) is 0.789. The molecule has 4 heteroatoms. The maximum absolute atomic E-state index is 11.0. The molecule has 0 spiro atoms. The summed E-state index contributed by atoms with van der Waals surface area (Å²) in [5.74, 6) is -0.856. The summed E-state index contributed by atoms with van der Waals surface area (Å²) in [6, 6.07) is 6.75. The van der Waals surface area contributed by atoms with Gasteiger partial charge in [0.2, 0.25) is 0 Å². The van der Waals surface area contributed by atoms with Gasteiger partial charge in [-0.2, -0.15) is 0 Å². The molecule has 1 aromatic carbocycles. The molecule has 0 bridgehead atoms. The summed E-state index contributed by atoms with van der Waals surface area (Å²) in [6.07, 6.45) is 1.60. The van der Waals surface area contributed by atoms with Crippen molar-refractivity contribution in [2.45, 2.75) is 11.3 Å². The third kappa shape index (κ3) is 2.99. The highest BCUT2D eigenvalue weighted by atomic mass is 32.2. The van der Waals surface area contributed by atoms with Gasteiger partial charge in [0, 0.05) is 22.0 Å². The predicted octanol–water partition coefficient (Wildman–Crippen LogP) is 1.05. The van der Waals surface area contributed by atoms with Crippen molar-refractivity contribution in [1.82, 2.24) is 0 Å². The Morgan fingerprint density at radius 1 is 1.38 bits per heavy atom. The van der Waals surface area contributed by atoms with Crippen molar-refractivity contribution in [2.24, 2.45) is 0 Å². The number of rotatable bonds is 3. The first kappa shape index (κ1) is 9.92. The minimum Gasteiger partial charge on any atom is -0.481 e. The molecular weight excluding hydrogens is 188 g/mol. The van der Waals surface area contributed by atoms with Gasteiger partial charge in [-0.05, 0) is 17.7 Å². The number of carbonyl (C=O) groups is 1. The highest BCUT2D eigenvalue weighted by molar-refractivity contribution is 7.84. The van der Waals surface area contributed by atoms with E-state index in [1.54, 1.807) is 30.5 Å². The second-order valence-corrected chi connectivity index (χ2v) is 4.05. The minimum atomic E-state index is -0.997. The summed E-state index contributed by atoms with van der Waals surface area (Å²) < 4.78 is 11.0. The first-order valence-corrected chi connectivity index (χ1v) is 5.29. The zero-order chi connectivity index (χ0) is 9.84. The summed E-state index contributed by atoms with van der Waals surface area (Å²) in [7, 11) is -0.997. The van der Waals surface area contributed by atoms with Crippen LogP contribution < -0.4 is 0 Å². The van der Waals surface area contributed by atoms with Crippen LogP contribution in [0.4, 0.5) is 0 Å². The van der Waals surface area contributed by atoms with Crippen LogP contribution in [0.25, 0.3) is 0 Å². The van der Waals surface area contributed by atoms with Crippen molar-refractivity contribution in [3.63, 3.8) is 0 Å². The zero-order valence-electron chi connectivity index (χ0n) is 7.19. The lowest BCUT2D eigenvalue weighted by Gasteiger charge is -1.98. The molecule has 0 aliphatic rings. The Hall–Kier alpha value is -1.16. The molecule has 1 atom stereocenters. The highest BCUT2D eigenvalue weighted by Crippen LogP contribution is 2.07. The van der Waals surface area contributed by atoms with Crippen molar-refractivity contribution in [3.05, 3.63) is 29.8 Å². The smallest absolute Gasteiger partial charge is 0.307 e. The average Bonchev–Trinajstić information content (AvgIpc) is 2.04. The van der Waals surface area contributed by atoms with Gasteiger partial charge in [0.15, 0.2) is 0 Å². The largest absolute Gasteiger partial charge is 0.481 e. The molecule has 1 rings (SSSR count). The van der Waals surface area contributed by atoms with E-state index in [0.717, 1.165) is 5.56 Å². The van der Waals surface area contributed by atoms with Gasteiger partial charge >= 0.3 is 5.97 Å². The lowest BCUT2D eigenvalue weighted by molar-refractivity contribution is -0.136. The van der Waals surface area contributed by atoms with Gasteiger partial charge in [0.25, 0.3) is 0 Å². The van der Waals surface area contributed by atoms with E-state index in [1.165, 1.54) is 0 Å². The molecule has 0 aliphatic carbocycles. The predicted molar refractivity (Wildman–Crippen MR) is 50.1 cm³/mol. The number of aliphatic carboxylic acids is 1. The number of hydrogen-bond acceptors (Lipinski definition) is 2. The maximum Gasteiger partial charge on any atom is 0.307 e. The van der Waals surface area contributed by atoms with Gasteiger partial charge in [-0.1, -0.05) is 12.1 Å². The van der Waals surface area contributed by atoms with Crippen LogP contribution in [-0.2, 0) is 22.0 Å². The maximum atomic E-state index is 11.0. The summed E-state index contributed by atoms with van der Waals surface area (Å²) in [5, 5.41) is 8.49. The van der Waals surface area contributed by atoms with Crippen LogP contribution in [-0.4, -0.2) is 21.5 Å². The summed E-state index contributed by atoms with van der Waals surface area (Å²) in [5.41, 5.74) is 0.724. The summed E-state index contributed by atoms with van der Waals surface area (Å²) in [6.45, 7) is 0. The molecule has 70 valence electrons. The molecule has 0 heterocycles. The SMILES string of the molecule is CS(=O)c1ccc(CC(=O)O)cc1. The molecule has 0 aromatic heterocycles. The Kier molecular flexibility index (Phi) is 3.19. The highest BCUT2D eigenvalue weighted by Gasteiger charge is 2.01. The molecule has 1 unspecified atom stereocenters. The van der Waals surface area contributed by atoms with Crippen LogP contribution in [0.1, 0.15) is 5.56 Å². The van der Waals surface area contributed by atoms with E-state index in [2.05, 4.69) is 0 Å². The standard InChI is InChI=1S/C9H10O3S/c1-13(12)8-4-2-7(3-5-8)6-9(10)11/h2-5H,6H2,1H3,(H,10,11). The van der Waals surface area contributed by atoms with Crippen LogP contribution in [0.3, 0.4) is 0 Å². The van der Waals surface area contributed by atoms with E-state index >= 15 is 0 Å². The van der Waals surface area contributed by atoms with Gasteiger partial charge in [0.05, 0.1) is 6.42 Å². The normalized spacial score (nSPS) is 12.4. The van der Waals surface area contributed by atoms with E-state index in [4.69, 9.17) is 5.11 Å². The Balaban J connectivity index is 2.81. The zero-order valence-corrected chi connectivity index (χ0v) is 8.00. The number of carboxylic acids is 1. The fraction of sp³-hybridized carbons (Fsp3) is 0.222. The molecule has 0 aliphatic heterocycles. The van der Waals surface area contributed by atoms with E-state index in [9.17, 15) is 9.00 Å². The van der Waals surface area contributed by atoms with Crippen LogP contribution in [0.5, 0.6) is 0 Å². The molecule has 0 saturated carbocycles. The lowest BCUT2D eigenvalue weighted by atomic mass is 10.2. The van der Waals surface area contributed by atoms with Crippen molar-refractivity contribution >= 4 is 16.8 Å². The molecule has 0 radical (unpaired) electrons. The first-order chi connectivity index (χ1) is 6.09. The van der Waals surface area contributed by atoms with Crippen molar-refractivity contribution < 1.29 is 14.1 Å². The van der Waals surface area contributed by atoms with Crippen LogP contribution in [0, 0.1) is 0 Å². The van der Waals surface area contributed by atoms with Gasteiger partial charge in [-0.25, -0.2) is 0 Å². The Morgan fingerprint density at radius 2 is 1.92 bits per heavy atom. The van der Waals surface area contributed by atoms with Crippen LogP contribution in [0.2, 0.25) is 0 Å². The Morgan fingerprint density at radius 3 is 2.31 bits per heavy atom. The Labute approximate surface area is 78.9 Å². The summed E-state index contributed by atoms with van der Waals surface area (Å²) in [4.78, 5) is 11.0. The molecule has 0 fully saturated rings. The van der Waals surface area contributed by atoms with Gasteiger partial charge in [-0.15, -0.1) is 0 Å². The minimum absolute atomic E-state index is 0.0105. The van der Waals surface area contributed by atoms with Gasteiger partial charge in [0.1, 0.15) is 0 Å². The molecular formula is C9H10O3S.